The smallest absolute Gasteiger partial charge is 0.344 e. The van der Waals surface area contributed by atoms with E-state index in [-0.39, 0.29) is 11.1 Å². The number of pyridine rings is 1. The fourth-order valence-corrected chi connectivity index (χ4v) is 4.87. The molecule has 8 heteroatoms. The van der Waals surface area contributed by atoms with E-state index < -0.39 is 17.7 Å². The Hall–Kier alpha value is -2.12. The maximum Gasteiger partial charge on any atom is 0.433 e. The Morgan fingerprint density at radius 3 is 2.76 bits per heavy atom. The molecular weight excluding hydrogens is 406 g/mol. The van der Waals surface area contributed by atoms with E-state index in [0.717, 1.165) is 36.2 Å². The van der Waals surface area contributed by atoms with Crippen LogP contribution in [-0.2, 0) is 25.6 Å². The van der Waals surface area contributed by atoms with Gasteiger partial charge in [-0.25, -0.2) is 4.39 Å². The van der Waals surface area contributed by atoms with Crippen LogP contribution in [0.15, 0.2) is 30.5 Å². The molecule has 2 aliphatic rings. The molecule has 2 unspecified atom stereocenters. The number of benzene rings is 1. The number of aryl methyl sites for hydroxylation is 2. The molecule has 5 rings (SSSR count). The molecule has 29 heavy (non-hydrogen) atoms. The highest BCUT2D eigenvalue weighted by Gasteiger charge is 2.36. The number of aromatic nitrogens is 2. The Balaban J connectivity index is 1.52. The van der Waals surface area contributed by atoms with Crippen molar-refractivity contribution in [3.8, 4) is 0 Å². The fraction of sp³-hybridized carbons (Fsp3) is 0.381. The molecular formula is C21H18ClF4N3. The quantitative estimate of drug-likeness (QED) is 0.568. The molecule has 0 amide bonds. The van der Waals surface area contributed by atoms with Crippen molar-refractivity contribution in [2.24, 2.45) is 0 Å². The molecule has 2 bridgehead atoms. The van der Waals surface area contributed by atoms with E-state index in [0.29, 0.717) is 24.6 Å². The summed E-state index contributed by atoms with van der Waals surface area (Å²) in [6.45, 7) is 0.541. The van der Waals surface area contributed by atoms with E-state index in [1.54, 1.807) is 6.07 Å². The summed E-state index contributed by atoms with van der Waals surface area (Å²) in [4.78, 5) is 3.54. The summed E-state index contributed by atoms with van der Waals surface area (Å²) in [5.41, 5.74) is 2.95. The minimum Gasteiger partial charge on any atom is -0.344 e. The molecule has 2 atom stereocenters. The van der Waals surface area contributed by atoms with Crippen molar-refractivity contribution >= 4 is 22.5 Å². The van der Waals surface area contributed by atoms with Crippen molar-refractivity contribution in [3.63, 3.8) is 0 Å². The number of alkyl halides is 3. The summed E-state index contributed by atoms with van der Waals surface area (Å²) >= 11 is 6.06. The van der Waals surface area contributed by atoms with E-state index in [4.69, 9.17) is 11.6 Å². The first kappa shape index (κ1) is 18.9. The number of halogens is 5. The lowest BCUT2D eigenvalue weighted by Gasteiger charge is -2.24. The van der Waals surface area contributed by atoms with Gasteiger partial charge in [0.1, 0.15) is 11.5 Å². The highest BCUT2D eigenvalue weighted by atomic mass is 35.5. The van der Waals surface area contributed by atoms with Crippen molar-refractivity contribution in [3.05, 3.63) is 63.8 Å². The van der Waals surface area contributed by atoms with Gasteiger partial charge < -0.3 is 9.88 Å². The van der Waals surface area contributed by atoms with E-state index >= 15 is 0 Å². The molecule has 0 aliphatic carbocycles. The largest absolute Gasteiger partial charge is 0.433 e. The Kier molecular flexibility index (Phi) is 4.37. The highest BCUT2D eigenvalue weighted by molar-refractivity contribution is 6.31. The Morgan fingerprint density at radius 2 is 2.03 bits per heavy atom. The maximum absolute atomic E-state index is 14.2. The second-order valence-corrected chi connectivity index (χ2v) is 8.20. The van der Waals surface area contributed by atoms with E-state index in [9.17, 15) is 17.6 Å². The minimum absolute atomic E-state index is 0.101. The van der Waals surface area contributed by atoms with Crippen LogP contribution < -0.4 is 5.32 Å². The molecule has 2 aliphatic heterocycles. The summed E-state index contributed by atoms with van der Waals surface area (Å²) < 4.78 is 54.5. The van der Waals surface area contributed by atoms with Crippen LogP contribution in [0.4, 0.5) is 17.6 Å². The summed E-state index contributed by atoms with van der Waals surface area (Å²) in [6.07, 6.45) is 0.313. The van der Waals surface area contributed by atoms with E-state index in [2.05, 4.69) is 14.9 Å². The SMILES string of the molecule is Fc1cc2c(cc1Cl)c1c(n2CCc2ccc(C(F)(F)F)nc2)CC2CCC1N2. The van der Waals surface area contributed by atoms with Gasteiger partial charge in [0.25, 0.3) is 0 Å². The predicted molar refractivity (Wildman–Crippen MR) is 102 cm³/mol. The molecule has 3 nitrogen and oxygen atoms in total. The van der Waals surface area contributed by atoms with Crippen LogP contribution in [0.1, 0.15) is 41.4 Å². The number of hydrogen-bond donors (Lipinski definition) is 1. The average molecular weight is 424 g/mol. The molecule has 4 heterocycles. The van der Waals surface area contributed by atoms with Gasteiger partial charge >= 0.3 is 6.18 Å². The molecule has 1 fully saturated rings. The van der Waals surface area contributed by atoms with Crippen molar-refractivity contribution in [2.75, 3.05) is 0 Å². The molecule has 0 saturated carbocycles. The van der Waals surface area contributed by atoms with Gasteiger partial charge in [0.05, 0.1) is 10.5 Å². The number of rotatable bonds is 3. The highest BCUT2D eigenvalue weighted by Crippen LogP contribution is 2.43. The first-order valence-corrected chi connectivity index (χ1v) is 9.97. The summed E-state index contributed by atoms with van der Waals surface area (Å²) in [5.74, 6) is -0.468. The number of hydrogen-bond acceptors (Lipinski definition) is 2. The zero-order valence-corrected chi connectivity index (χ0v) is 16.1. The van der Waals surface area contributed by atoms with Crippen molar-refractivity contribution in [1.82, 2.24) is 14.9 Å². The van der Waals surface area contributed by atoms with Gasteiger partial charge in [-0.1, -0.05) is 17.7 Å². The van der Waals surface area contributed by atoms with Crippen LogP contribution in [0.25, 0.3) is 10.9 Å². The van der Waals surface area contributed by atoms with Crippen LogP contribution in [0.5, 0.6) is 0 Å². The Bertz CT molecular complexity index is 1090. The molecule has 152 valence electrons. The summed E-state index contributed by atoms with van der Waals surface area (Å²) in [6, 6.07) is 6.26. The van der Waals surface area contributed by atoms with Gasteiger partial charge in [-0.15, -0.1) is 0 Å². The fourth-order valence-electron chi connectivity index (χ4n) is 4.71. The topological polar surface area (TPSA) is 29.9 Å². The van der Waals surface area contributed by atoms with Gasteiger partial charge in [0, 0.05) is 42.3 Å². The van der Waals surface area contributed by atoms with Crippen LogP contribution >= 0.6 is 11.6 Å². The normalized spacial score (nSPS) is 21.0. The van der Waals surface area contributed by atoms with Gasteiger partial charge in [0.2, 0.25) is 0 Å². The first-order chi connectivity index (χ1) is 13.8. The third kappa shape index (κ3) is 3.20. The number of nitrogens with one attached hydrogen (secondary N) is 1. The van der Waals surface area contributed by atoms with Crippen LogP contribution in [0, 0.1) is 5.82 Å². The lowest BCUT2D eigenvalue weighted by molar-refractivity contribution is -0.141. The lowest BCUT2D eigenvalue weighted by atomic mass is 9.99. The predicted octanol–water partition coefficient (Wildman–Crippen LogP) is 5.44. The Morgan fingerprint density at radius 1 is 1.21 bits per heavy atom. The third-order valence-corrected chi connectivity index (χ3v) is 6.31. The van der Waals surface area contributed by atoms with Crippen molar-refractivity contribution < 1.29 is 17.6 Å². The van der Waals surface area contributed by atoms with Crippen molar-refractivity contribution in [1.29, 1.82) is 0 Å². The molecule has 1 saturated heterocycles. The first-order valence-electron chi connectivity index (χ1n) is 9.59. The molecule has 1 aromatic carbocycles. The number of nitrogens with zero attached hydrogens (tertiary/aromatic N) is 2. The van der Waals surface area contributed by atoms with E-state index in [1.807, 2.05) is 0 Å². The standard InChI is InChI=1S/C21H18ClF4N3/c22-14-8-13-17(9-15(14)23)29(18-7-12-2-3-16(28-12)20(13)18)6-5-11-1-4-19(27-10-11)21(24,25)26/h1,4,8-10,12,16,28H,2-3,5-7H2. The minimum atomic E-state index is -4.45. The maximum atomic E-state index is 14.2. The summed E-state index contributed by atoms with van der Waals surface area (Å²) in [5, 5.41) is 4.67. The monoisotopic (exact) mass is 423 g/mol. The van der Waals surface area contributed by atoms with Crippen LogP contribution in [-0.4, -0.2) is 15.6 Å². The zero-order chi connectivity index (χ0) is 20.3. The van der Waals surface area contributed by atoms with Gasteiger partial charge in [0.15, 0.2) is 0 Å². The second-order valence-electron chi connectivity index (χ2n) is 7.79. The molecule has 0 spiro atoms. The van der Waals surface area contributed by atoms with Crippen molar-refractivity contribution in [2.45, 2.75) is 50.5 Å². The second kappa shape index (κ2) is 6.71. The van der Waals surface area contributed by atoms with Gasteiger partial charge in [-0.05, 0) is 48.6 Å². The number of fused-ring (bicyclic) bond motifs is 6. The molecule has 2 aromatic heterocycles. The lowest BCUT2D eigenvalue weighted by Crippen LogP contribution is -2.32. The summed E-state index contributed by atoms with van der Waals surface area (Å²) in [7, 11) is 0. The van der Waals surface area contributed by atoms with Crippen LogP contribution in [0.2, 0.25) is 5.02 Å². The third-order valence-electron chi connectivity index (χ3n) is 6.02. The van der Waals surface area contributed by atoms with E-state index in [1.165, 1.54) is 29.6 Å². The Labute approximate surface area is 169 Å². The molecule has 3 aromatic rings. The molecule has 0 radical (unpaired) electrons. The zero-order valence-electron chi connectivity index (χ0n) is 15.4. The van der Waals surface area contributed by atoms with Gasteiger partial charge in [-0.3, -0.25) is 4.98 Å². The van der Waals surface area contributed by atoms with Crippen LogP contribution in [0.3, 0.4) is 0 Å². The molecule has 1 N–H and O–H groups in total. The van der Waals surface area contributed by atoms with Gasteiger partial charge in [-0.2, -0.15) is 13.2 Å². The average Bonchev–Trinajstić information content (AvgIpc) is 3.19.